The number of hydrogen-bond acceptors (Lipinski definition) is 2. The Morgan fingerprint density at radius 1 is 1.08 bits per heavy atom. The molecule has 1 atom stereocenters. The van der Waals surface area contributed by atoms with Crippen LogP contribution in [0.25, 0.3) is 0 Å². The van der Waals surface area contributed by atoms with Gasteiger partial charge in [0.25, 0.3) is 0 Å². The highest BCUT2D eigenvalue weighted by molar-refractivity contribution is 14.0. The Balaban J connectivity index is 0.00000225. The topological polar surface area (TPSA) is 56.7 Å². The second-order valence-corrected chi connectivity index (χ2v) is 7.77. The van der Waals surface area contributed by atoms with Gasteiger partial charge in [-0.3, -0.25) is 9.79 Å². The summed E-state index contributed by atoms with van der Waals surface area (Å²) < 4.78 is 0. The van der Waals surface area contributed by atoms with Crippen molar-refractivity contribution < 1.29 is 4.79 Å². The summed E-state index contributed by atoms with van der Waals surface area (Å²) in [5.41, 5.74) is 0. The zero-order valence-electron chi connectivity index (χ0n) is 15.6. The summed E-state index contributed by atoms with van der Waals surface area (Å²) in [6.45, 7) is 5.66. The van der Waals surface area contributed by atoms with Crippen LogP contribution in [0, 0.1) is 11.8 Å². The van der Waals surface area contributed by atoms with E-state index < -0.39 is 0 Å². The molecular formula is C19H35IN4O. The van der Waals surface area contributed by atoms with Gasteiger partial charge >= 0.3 is 0 Å². The lowest BCUT2D eigenvalue weighted by Gasteiger charge is -2.26. The smallest absolute Gasteiger partial charge is 0.225 e. The third kappa shape index (κ3) is 6.00. The lowest BCUT2D eigenvalue weighted by Crippen LogP contribution is -2.45. The molecule has 1 saturated heterocycles. The van der Waals surface area contributed by atoms with Gasteiger partial charge in [-0.15, -0.1) is 24.0 Å². The molecular weight excluding hydrogens is 427 g/mol. The Bertz CT molecular complexity index is 447. The molecule has 1 heterocycles. The van der Waals surface area contributed by atoms with Crippen molar-refractivity contribution in [3.05, 3.63) is 0 Å². The number of halogens is 1. The van der Waals surface area contributed by atoms with Crippen LogP contribution in [0.3, 0.4) is 0 Å². The minimum Gasteiger partial charge on any atom is -0.357 e. The number of carbonyl (C=O) groups excluding carboxylic acids is 1. The van der Waals surface area contributed by atoms with Crippen LogP contribution in [0.5, 0.6) is 0 Å². The Hall–Kier alpha value is -0.530. The van der Waals surface area contributed by atoms with E-state index in [2.05, 4.69) is 22.5 Å². The SMILES string of the molecule is CCNC(=NCC1CCC1)NC1CCN(C(=O)C2CCCCC2)C1.I. The Labute approximate surface area is 169 Å². The molecule has 1 aliphatic heterocycles. The molecule has 0 aromatic rings. The molecule has 3 fully saturated rings. The first-order valence-corrected chi connectivity index (χ1v) is 10.1. The Morgan fingerprint density at radius 3 is 2.48 bits per heavy atom. The van der Waals surface area contributed by atoms with Gasteiger partial charge in [0, 0.05) is 38.1 Å². The van der Waals surface area contributed by atoms with Crippen molar-refractivity contribution in [3.63, 3.8) is 0 Å². The van der Waals surface area contributed by atoms with Crippen LogP contribution < -0.4 is 10.6 Å². The predicted molar refractivity (Wildman–Crippen MR) is 113 cm³/mol. The molecule has 0 spiro atoms. The number of guanidine groups is 1. The molecule has 2 aliphatic carbocycles. The Kier molecular flexibility index (Phi) is 8.79. The molecule has 3 aliphatic rings. The summed E-state index contributed by atoms with van der Waals surface area (Å²) in [5.74, 6) is 2.41. The standard InChI is InChI=1S/C19H34N4O.HI/c1-2-20-19(21-13-15-7-6-8-15)22-17-11-12-23(14-17)18(24)16-9-4-3-5-10-16;/h15-17H,2-14H2,1H3,(H2,20,21,22);1H. The first kappa shape index (κ1) is 20.8. The molecule has 6 heteroatoms. The largest absolute Gasteiger partial charge is 0.357 e. The molecule has 1 unspecified atom stereocenters. The fourth-order valence-corrected chi connectivity index (χ4v) is 4.10. The average Bonchev–Trinajstić information content (AvgIpc) is 3.02. The van der Waals surface area contributed by atoms with Gasteiger partial charge in [-0.05, 0) is 44.9 Å². The van der Waals surface area contributed by atoms with Crippen molar-refractivity contribution >= 4 is 35.8 Å². The van der Waals surface area contributed by atoms with Crippen LogP contribution in [0.1, 0.15) is 64.7 Å². The van der Waals surface area contributed by atoms with Gasteiger partial charge in [0.15, 0.2) is 5.96 Å². The highest BCUT2D eigenvalue weighted by Gasteiger charge is 2.31. The van der Waals surface area contributed by atoms with Gasteiger partial charge in [-0.2, -0.15) is 0 Å². The number of carbonyl (C=O) groups is 1. The molecule has 2 saturated carbocycles. The van der Waals surface area contributed by atoms with E-state index in [9.17, 15) is 4.79 Å². The average molecular weight is 462 g/mol. The molecule has 2 N–H and O–H groups in total. The third-order valence-corrected chi connectivity index (χ3v) is 5.87. The van der Waals surface area contributed by atoms with Crippen LogP contribution in [-0.2, 0) is 4.79 Å². The van der Waals surface area contributed by atoms with Crippen molar-refractivity contribution in [1.29, 1.82) is 0 Å². The lowest BCUT2D eigenvalue weighted by atomic mass is 9.86. The molecule has 0 aromatic heterocycles. The third-order valence-electron chi connectivity index (χ3n) is 5.87. The van der Waals surface area contributed by atoms with E-state index >= 15 is 0 Å². The van der Waals surface area contributed by atoms with E-state index in [1.165, 1.54) is 38.5 Å². The van der Waals surface area contributed by atoms with Gasteiger partial charge in [0.2, 0.25) is 5.91 Å². The molecule has 0 radical (unpaired) electrons. The number of hydrogen-bond donors (Lipinski definition) is 2. The van der Waals surface area contributed by atoms with Gasteiger partial charge in [0.05, 0.1) is 0 Å². The van der Waals surface area contributed by atoms with Crippen LogP contribution >= 0.6 is 24.0 Å². The van der Waals surface area contributed by atoms with Gasteiger partial charge < -0.3 is 15.5 Å². The number of amides is 1. The molecule has 0 aromatic carbocycles. The fourth-order valence-electron chi connectivity index (χ4n) is 4.10. The van der Waals surface area contributed by atoms with E-state index in [0.717, 1.165) is 57.3 Å². The zero-order chi connectivity index (χ0) is 16.8. The molecule has 1 amide bonds. The van der Waals surface area contributed by atoms with E-state index in [0.29, 0.717) is 11.9 Å². The van der Waals surface area contributed by atoms with Crippen molar-refractivity contribution in [2.45, 2.75) is 70.8 Å². The second-order valence-electron chi connectivity index (χ2n) is 7.77. The van der Waals surface area contributed by atoms with Crippen molar-refractivity contribution in [2.75, 3.05) is 26.2 Å². The highest BCUT2D eigenvalue weighted by atomic mass is 127. The zero-order valence-corrected chi connectivity index (χ0v) is 18.0. The molecule has 0 bridgehead atoms. The van der Waals surface area contributed by atoms with Gasteiger partial charge in [0.1, 0.15) is 0 Å². The number of rotatable bonds is 5. The molecule has 144 valence electrons. The summed E-state index contributed by atoms with van der Waals surface area (Å²) in [6, 6.07) is 0.344. The molecule has 3 rings (SSSR count). The lowest BCUT2D eigenvalue weighted by molar-refractivity contribution is -0.135. The number of nitrogens with one attached hydrogen (secondary N) is 2. The van der Waals surface area contributed by atoms with E-state index in [4.69, 9.17) is 4.99 Å². The maximum atomic E-state index is 12.7. The highest BCUT2D eigenvalue weighted by Crippen LogP contribution is 2.27. The van der Waals surface area contributed by atoms with Crippen molar-refractivity contribution in [2.24, 2.45) is 16.8 Å². The van der Waals surface area contributed by atoms with E-state index in [-0.39, 0.29) is 29.9 Å². The minimum absolute atomic E-state index is 0. The van der Waals surface area contributed by atoms with Crippen molar-refractivity contribution in [1.82, 2.24) is 15.5 Å². The first-order chi connectivity index (χ1) is 11.8. The van der Waals surface area contributed by atoms with Crippen LogP contribution in [-0.4, -0.2) is 49.0 Å². The van der Waals surface area contributed by atoms with E-state index in [1.807, 2.05) is 0 Å². The first-order valence-electron chi connectivity index (χ1n) is 10.1. The quantitative estimate of drug-likeness (QED) is 0.375. The van der Waals surface area contributed by atoms with E-state index in [1.54, 1.807) is 0 Å². The minimum atomic E-state index is 0. The number of likely N-dealkylation sites (tertiary alicyclic amines) is 1. The van der Waals surface area contributed by atoms with Crippen LogP contribution in [0.15, 0.2) is 4.99 Å². The summed E-state index contributed by atoms with van der Waals surface area (Å²) in [5, 5.41) is 6.91. The maximum absolute atomic E-state index is 12.7. The monoisotopic (exact) mass is 462 g/mol. The van der Waals surface area contributed by atoms with Crippen molar-refractivity contribution in [3.8, 4) is 0 Å². The normalized spacial score (nSPS) is 25.2. The summed E-state index contributed by atoms with van der Waals surface area (Å²) in [7, 11) is 0. The maximum Gasteiger partial charge on any atom is 0.225 e. The Morgan fingerprint density at radius 2 is 1.84 bits per heavy atom. The summed E-state index contributed by atoms with van der Waals surface area (Å²) in [6.07, 6.45) is 11.0. The van der Waals surface area contributed by atoms with Gasteiger partial charge in [-0.25, -0.2) is 0 Å². The summed E-state index contributed by atoms with van der Waals surface area (Å²) >= 11 is 0. The van der Waals surface area contributed by atoms with Crippen LogP contribution in [0.2, 0.25) is 0 Å². The molecule has 5 nitrogen and oxygen atoms in total. The molecule has 25 heavy (non-hydrogen) atoms. The van der Waals surface area contributed by atoms with Gasteiger partial charge in [-0.1, -0.05) is 25.7 Å². The number of nitrogens with zero attached hydrogens (tertiary/aromatic N) is 2. The fraction of sp³-hybridized carbons (Fsp3) is 0.895. The second kappa shape index (κ2) is 10.6. The predicted octanol–water partition coefficient (Wildman–Crippen LogP) is 3.14. The van der Waals surface area contributed by atoms with Crippen LogP contribution in [0.4, 0.5) is 0 Å². The number of aliphatic imine (C=N–C) groups is 1. The summed E-state index contributed by atoms with van der Waals surface area (Å²) in [4.78, 5) is 19.5.